The Bertz CT molecular complexity index is 1170. The molecular formula is C23H19N5O2. The SMILES string of the molecule is Cn1nc(-c2cnccn2)cc1CNC(=O)C1c2ccccc2Oc2ccccc21. The molecule has 3 heterocycles. The van der Waals surface area contributed by atoms with Gasteiger partial charge in [0.2, 0.25) is 5.91 Å². The largest absolute Gasteiger partial charge is 0.457 e. The third kappa shape index (κ3) is 3.20. The van der Waals surface area contributed by atoms with Crippen LogP contribution >= 0.6 is 0 Å². The van der Waals surface area contributed by atoms with Gasteiger partial charge >= 0.3 is 0 Å². The molecule has 1 aliphatic rings. The van der Waals surface area contributed by atoms with Crippen LogP contribution in [0.15, 0.2) is 73.2 Å². The van der Waals surface area contributed by atoms with E-state index in [-0.39, 0.29) is 5.91 Å². The van der Waals surface area contributed by atoms with Gasteiger partial charge in [0.15, 0.2) is 0 Å². The van der Waals surface area contributed by atoms with Crippen LogP contribution in [0.25, 0.3) is 11.4 Å². The van der Waals surface area contributed by atoms with E-state index in [2.05, 4.69) is 20.4 Å². The predicted octanol–water partition coefficient (Wildman–Crippen LogP) is 3.43. The lowest BCUT2D eigenvalue weighted by Crippen LogP contribution is -2.31. The van der Waals surface area contributed by atoms with Crippen molar-refractivity contribution in [2.45, 2.75) is 12.5 Å². The summed E-state index contributed by atoms with van der Waals surface area (Å²) >= 11 is 0. The summed E-state index contributed by atoms with van der Waals surface area (Å²) in [5, 5.41) is 7.55. The molecule has 0 saturated heterocycles. The van der Waals surface area contributed by atoms with Crippen molar-refractivity contribution in [3.63, 3.8) is 0 Å². The molecule has 2 aromatic heterocycles. The Balaban J connectivity index is 1.40. The minimum Gasteiger partial charge on any atom is -0.457 e. The van der Waals surface area contributed by atoms with E-state index in [0.717, 1.165) is 22.5 Å². The molecule has 0 spiro atoms. The second kappa shape index (κ2) is 7.44. The number of benzene rings is 2. The lowest BCUT2D eigenvalue weighted by Gasteiger charge is -2.27. The predicted molar refractivity (Wildman–Crippen MR) is 111 cm³/mol. The average molecular weight is 397 g/mol. The first-order chi connectivity index (χ1) is 14.7. The van der Waals surface area contributed by atoms with Crippen molar-refractivity contribution in [1.82, 2.24) is 25.1 Å². The van der Waals surface area contributed by atoms with E-state index < -0.39 is 5.92 Å². The number of nitrogens with one attached hydrogen (secondary N) is 1. The molecule has 0 aliphatic carbocycles. The molecule has 2 aromatic carbocycles. The average Bonchev–Trinajstić information content (AvgIpc) is 3.17. The van der Waals surface area contributed by atoms with E-state index >= 15 is 0 Å². The van der Waals surface area contributed by atoms with E-state index in [9.17, 15) is 4.79 Å². The number of hydrogen-bond donors (Lipinski definition) is 1. The van der Waals surface area contributed by atoms with E-state index in [1.54, 1.807) is 23.3 Å². The van der Waals surface area contributed by atoms with Crippen molar-refractivity contribution in [2.24, 2.45) is 7.05 Å². The molecule has 1 amide bonds. The van der Waals surface area contributed by atoms with Gasteiger partial charge in [-0.1, -0.05) is 36.4 Å². The molecule has 4 aromatic rings. The standard InChI is InChI=1S/C23H19N5O2/c1-28-15(12-18(27-28)19-14-24-10-11-25-19)13-26-23(29)22-16-6-2-4-8-20(16)30-21-9-5-3-7-17(21)22/h2-12,14,22H,13H2,1H3,(H,26,29). The highest BCUT2D eigenvalue weighted by Crippen LogP contribution is 2.43. The van der Waals surface area contributed by atoms with Crippen molar-refractivity contribution in [3.8, 4) is 22.9 Å². The van der Waals surface area contributed by atoms with Gasteiger partial charge in [0.25, 0.3) is 0 Å². The highest BCUT2D eigenvalue weighted by Gasteiger charge is 2.32. The summed E-state index contributed by atoms with van der Waals surface area (Å²) in [4.78, 5) is 21.6. The third-order valence-corrected chi connectivity index (χ3v) is 5.19. The van der Waals surface area contributed by atoms with Crippen LogP contribution < -0.4 is 10.1 Å². The van der Waals surface area contributed by atoms with Crippen molar-refractivity contribution in [3.05, 3.63) is 90.0 Å². The monoisotopic (exact) mass is 397 g/mol. The van der Waals surface area contributed by atoms with E-state index in [1.165, 1.54) is 0 Å². The number of fused-ring (bicyclic) bond motifs is 2. The second-order valence-electron chi connectivity index (χ2n) is 7.06. The zero-order valence-electron chi connectivity index (χ0n) is 16.3. The Hall–Kier alpha value is -4.00. The fourth-order valence-corrected chi connectivity index (χ4v) is 3.70. The van der Waals surface area contributed by atoms with Crippen LogP contribution in [0.4, 0.5) is 0 Å². The lowest BCUT2D eigenvalue weighted by molar-refractivity contribution is -0.122. The Morgan fingerprint density at radius 2 is 1.73 bits per heavy atom. The van der Waals surface area contributed by atoms with Gasteiger partial charge in [-0.15, -0.1) is 0 Å². The van der Waals surface area contributed by atoms with Gasteiger partial charge in [-0.05, 0) is 18.2 Å². The normalized spacial score (nSPS) is 12.6. The van der Waals surface area contributed by atoms with Crippen LogP contribution in [0, 0.1) is 0 Å². The summed E-state index contributed by atoms with van der Waals surface area (Å²) in [6.45, 7) is 0.351. The second-order valence-corrected chi connectivity index (χ2v) is 7.06. The Morgan fingerprint density at radius 3 is 2.40 bits per heavy atom. The van der Waals surface area contributed by atoms with Gasteiger partial charge in [0.05, 0.1) is 24.4 Å². The van der Waals surface area contributed by atoms with Gasteiger partial charge in [-0.25, -0.2) is 0 Å². The maximum absolute atomic E-state index is 13.3. The maximum atomic E-state index is 13.3. The highest BCUT2D eigenvalue weighted by molar-refractivity contribution is 5.89. The van der Waals surface area contributed by atoms with Crippen LogP contribution in [0.2, 0.25) is 0 Å². The molecule has 0 atom stereocenters. The van der Waals surface area contributed by atoms with Gasteiger partial charge < -0.3 is 10.1 Å². The third-order valence-electron chi connectivity index (χ3n) is 5.19. The van der Waals surface area contributed by atoms with Crippen molar-refractivity contribution >= 4 is 5.91 Å². The first-order valence-electron chi connectivity index (χ1n) is 9.63. The number of carbonyl (C=O) groups excluding carboxylic acids is 1. The van der Waals surface area contributed by atoms with Gasteiger partial charge in [-0.3, -0.25) is 19.4 Å². The molecule has 0 radical (unpaired) electrons. The van der Waals surface area contributed by atoms with E-state index in [1.807, 2.05) is 61.6 Å². The van der Waals surface area contributed by atoms with Gasteiger partial charge in [-0.2, -0.15) is 5.10 Å². The minimum absolute atomic E-state index is 0.0829. The minimum atomic E-state index is -0.432. The number of aryl methyl sites for hydroxylation is 1. The number of ether oxygens (including phenoxy) is 1. The number of amides is 1. The highest BCUT2D eigenvalue weighted by atomic mass is 16.5. The van der Waals surface area contributed by atoms with Crippen molar-refractivity contribution in [2.75, 3.05) is 0 Å². The van der Waals surface area contributed by atoms with E-state index in [4.69, 9.17) is 4.74 Å². The molecular weight excluding hydrogens is 378 g/mol. The maximum Gasteiger partial charge on any atom is 0.232 e. The Labute approximate surface area is 173 Å². The van der Waals surface area contributed by atoms with Crippen LogP contribution in [-0.4, -0.2) is 25.7 Å². The zero-order valence-corrected chi connectivity index (χ0v) is 16.3. The number of aromatic nitrogens is 4. The van der Waals surface area contributed by atoms with Crippen LogP contribution in [0.3, 0.4) is 0 Å². The molecule has 148 valence electrons. The van der Waals surface area contributed by atoms with Crippen LogP contribution in [-0.2, 0) is 18.4 Å². The molecule has 0 fully saturated rings. The van der Waals surface area contributed by atoms with Crippen molar-refractivity contribution in [1.29, 1.82) is 0 Å². The topological polar surface area (TPSA) is 81.9 Å². The summed E-state index contributed by atoms with van der Waals surface area (Å²) in [5.74, 6) is 0.905. The quantitative estimate of drug-likeness (QED) is 0.571. The number of carbonyl (C=O) groups is 1. The first kappa shape index (κ1) is 18.1. The van der Waals surface area contributed by atoms with E-state index in [0.29, 0.717) is 23.7 Å². The molecule has 0 unspecified atom stereocenters. The van der Waals surface area contributed by atoms with Gasteiger partial charge in [0.1, 0.15) is 22.9 Å². The number of nitrogens with zero attached hydrogens (tertiary/aromatic N) is 4. The van der Waals surface area contributed by atoms with Crippen molar-refractivity contribution < 1.29 is 9.53 Å². The molecule has 0 saturated carbocycles. The number of para-hydroxylation sites is 2. The van der Waals surface area contributed by atoms with Gasteiger partial charge in [0, 0.05) is 30.6 Å². The lowest BCUT2D eigenvalue weighted by atomic mass is 9.87. The summed E-state index contributed by atoms with van der Waals surface area (Å²) in [7, 11) is 1.85. The zero-order chi connectivity index (χ0) is 20.5. The van der Waals surface area contributed by atoms with Crippen LogP contribution in [0.1, 0.15) is 22.7 Å². The summed E-state index contributed by atoms with van der Waals surface area (Å²) in [5.41, 5.74) is 4.00. The summed E-state index contributed by atoms with van der Waals surface area (Å²) in [6.07, 6.45) is 4.92. The summed E-state index contributed by atoms with van der Waals surface area (Å²) < 4.78 is 7.73. The van der Waals surface area contributed by atoms with Crippen LogP contribution in [0.5, 0.6) is 11.5 Å². The Kier molecular flexibility index (Phi) is 4.48. The molecule has 7 heteroatoms. The Morgan fingerprint density at radius 1 is 1.03 bits per heavy atom. The molecule has 1 N–H and O–H groups in total. The smallest absolute Gasteiger partial charge is 0.232 e. The molecule has 7 nitrogen and oxygen atoms in total. The number of hydrogen-bond acceptors (Lipinski definition) is 5. The molecule has 1 aliphatic heterocycles. The fraction of sp³-hybridized carbons (Fsp3) is 0.130. The first-order valence-corrected chi connectivity index (χ1v) is 9.63. The molecule has 30 heavy (non-hydrogen) atoms. The number of rotatable bonds is 4. The fourth-order valence-electron chi connectivity index (χ4n) is 3.70. The summed E-state index contributed by atoms with van der Waals surface area (Å²) in [6, 6.07) is 17.2. The molecule has 5 rings (SSSR count). The molecule has 0 bridgehead atoms.